The molecule has 18 heavy (non-hydrogen) atoms. The smallest absolute Gasteiger partial charge is 0.308 e. The highest BCUT2D eigenvalue weighted by Gasteiger charge is 2.36. The normalized spacial score (nSPS) is 29.9. The van der Waals surface area contributed by atoms with Gasteiger partial charge in [0.1, 0.15) is 0 Å². The standard InChI is InChI=1S/C13H25NO3S/c1-3-17-12(15)11-4-6-13(16,7-5-11)9-18-10(2)8-14/h10-11,16H,3-9,14H2,1-2H3. The Hall–Kier alpha value is -0.260. The van der Waals surface area contributed by atoms with E-state index >= 15 is 0 Å². The van der Waals surface area contributed by atoms with Crippen LogP contribution in [0.2, 0.25) is 0 Å². The Morgan fingerprint density at radius 1 is 1.56 bits per heavy atom. The van der Waals surface area contributed by atoms with Crippen molar-refractivity contribution < 1.29 is 14.6 Å². The third kappa shape index (κ3) is 4.78. The summed E-state index contributed by atoms with van der Waals surface area (Å²) in [6.07, 6.45) is 2.82. The Morgan fingerprint density at radius 3 is 2.67 bits per heavy atom. The van der Waals surface area contributed by atoms with E-state index in [1.54, 1.807) is 11.8 Å². The van der Waals surface area contributed by atoms with E-state index in [-0.39, 0.29) is 11.9 Å². The maximum atomic E-state index is 11.6. The third-order valence-electron chi connectivity index (χ3n) is 3.50. The molecule has 4 nitrogen and oxygen atoms in total. The largest absolute Gasteiger partial charge is 0.466 e. The van der Waals surface area contributed by atoms with Crippen molar-refractivity contribution in [3.05, 3.63) is 0 Å². The minimum absolute atomic E-state index is 0.0258. The molecule has 1 unspecified atom stereocenters. The first kappa shape index (κ1) is 15.8. The fourth-order valence-corrected chi connectivity index (χ4v) is 3.18. The average molecular weight is 275 g/mol. The predicted octanol–water partition coefficient (Wildman–Crippen LogP) is 1.55. The highest BCUT2D eigenvalue weighted by Crippen LogP contribution is 2.35. The van der Waals surface area contributed by atoms with E-state index in [1.165, 1.54) is 0 Å². The topological polar surface area (TPSA) is 72.5 Å². The number of aliphatic hydroxyl groups is 1. The molecule has 106 valence electrons. The first-order valence-electron chi connectivity index (χ1n) is 6.71. The maximum absolute atomic E-state index is 11.6. The van der Waals surface area contributed by atoms with Crippen LogP contribution in [0.4, 0.5) is 0 Å². The van der Waals surface area contributed by atoms with Gasteiger partial charge in [0.15, 0.2) is 0 Å². The Morgan fingerprint density at radius 2 is 2.17 bits per heavy atom. The summed E-state index contributed by atoms with van der Waals surface area (Å²) in [6, 6.07) is 0. The summed E-state index contributed by atoms with van der Waals surface area (Å²) < 4.78 is 5.02. The van der Waals surface area contributed by atoms with E-state index < -0.39 is 5.60 Å². The monoisotopic (exact) mass is 275 g/mol. The maximum Gasteiger partial charge on any atom is 0.308 e. The molecule has 0 saturated heterocycles. The van der Waals surface area contributed by atoms with Crippen molar-refractivity contribution in [1.82, 2.24) is 0 Å². The van der Waals surface area contributed by atoms with E-state index in [2.05, 4.69) is 6.92 Å². The lowest BCUT2D eigenvalue weighted by atomic mass is 9.80. The zero-order valence-electron chi connectivity index (χ0n) is 11.4. The molecule has 0 heterocycles. The molecule has 1 fully saturated rings. The second-order valence-electron chi connectivity index (χ2n) is 5.11. The molecule has 1 saturated carbocycles. The molecule has 1 aliphatic carbocycles. The zero-order valence-corrected chi connectivity index (χ0v) is 12.2. The van der Waals surface area contributed by atoms with Crippen LogP contribution in [0.25, 0.3) is 0 Å². The quantitative estimate of drug-likeness (QED) is 0.720. The first-order valence-corrected chi connectivity index (χ1v) is 7.76. The minimum Gasteiger partial charge on any atom is -0.466 e. The molecule has 0 amide bonds. The second-order valence-corrected chi connectivity index (χ2v) is 6.53. The van der Waals surface area contributed by atoms with E-state index in [1.807, 2.05) is 6.92 Å². The number of ether oxygens (including phenoxy) is 1. The van der Waals surface area contributed by atoms with Crippen molar-refractivity contribution in [2.45, 2.75) is 50.4 Å². The average Bonchev–Trinajstić information content (AvgIpc) is 2.37. The molecule has 0 spiro atoms. The molecule has 5 heteroatoms. The molecule has 1 aliphatic rings. The highest BCUT2D eigenvalue weighted by molar-refractivity contribution is 7.99. The van der Waals surface area contributed by atoms with Crippen molar-refractivity contribution in [2.75, 3.05) is 18.9 Å². The number of carbonyl (C=O) groups is 1. The fourth-order valence-electron chi connectivity index (χ4n) is 2.16. The molecule has 0 radical (unpaired) electrons. The number of thioether (sulfide) groups is 1. The third-order valence-corrected chi connectivity index (χ3v) is 4.97. The van der Waals surface area contributed by atoms with Crippen molar-refractivity contribution in [1.29, 1.82) is 0 Å². The summed E-state index contributed by atoms with van der Waals surface area (Å²) in [5.41, 5.74) is 4.93. The number of carbonyl (C=O) groups excluding carboxylic acids is 1. The summed E-state index contributed by atoms with van der Waals surface area (Å²) >= 11 is 1.71. The number of hydrogen-bond acceptors (Lipinski definition) is 5. The van der Waals surface area contributed by atoms with Crippen LogP contribution in [0.3, 0.4) is 0 Å². The Labute approximate surface area is 114 Å². The SMILES string of the molecule is CCOC(=O)C1CCC(O)(CSC(C)CN)CC1. The highest BCUT2D eigenvalue weighted by atomic mass is 32.2. The first-order chi connectivity index (χ1) is 8.50. The molecule has 1 rings (SSSR count). The van der Waals surface area contributed by atoms with Crippen molar-refractivity contribution in [3.63, 3.8) is 0 Å². The lowest BCUT2D eigenvalue weighted by Crippen LogP contribution is -2.39. The van der Waals surface area contributed by atoms with Crippen LogP contribution >= 0.6 is 11.8 Å². The van der Waals surface area contributed by atoms with Crippen LogP contribution in [-0.2, 0) is 9.53 Å². The van der Waals surface area contributed by atoms with Crippen molar-refractivity contribution in [3.8, 4) is 0 Å². The molecule has 0 aromatic carbocycles. The van der Waals surface area contributed by atoms with Gasteiger partial charge >= 0.3 is 5.97 Å². The van der Waals surface area contributed by atoms with E-state index in [4.69, 9.17) is 10.5 Å². The van der Waals surface area contributed by atoms with Crippen LogP contribution in [0.15, 0.2) is 0 Å². The van der Waals surface area contributed by atoms with Gasteiger partial charge in [-0.05, 0) is 32.6 Å². The molecule has 3 N–H and O–H groups in total. The number of hydrogen-bond donors (Lipinski definition) is 2. The Kier molecular flexibility index (Phi) is 6.46. The van der Waals surface area contributed by atoms with E-state index in [0.717, 1.165) is 12.8 Å². The molecular weight excluding hydrogens is 250 g/mol. The van der Waals surface area contributed by atoms with Gasteiger partial charge in [-0.3, -0.25) is 4.79 Å². The minimum atomic E-state index is -0.628. The van der Waals surface area contributed by atoms with E-state index in [9.17, 15) is 9.90 Å². The van der Waals surface area contributed by atoms with Crippen LogP contribution in [-0.4, -0.2) is 40.8 Å². The number of rotatable bonds is 6. The van der Waals surface area contributed by atoms with Crippen LogP contribution < -0.4 is 5.73 Å². The van der Waals surface area contributed by atoms with Gasteiger partial charge in [-0.2, -0.15) is 11.8 Å². The van der Waals surface area contributed by atoms with Crippen molar-refractivity contribution >= 4 is 17.7 Å². The molecule has 1 atom stereocenters. The number of esters is 1. The molecule has 0 aromatic rings. The van der Waals surface area contributed by atoms with Gasteiger partial charge in [0.25, 0.3) is 0 Å². The van der Waals surface area contributed by atoms with Gasteiger partial charge in [0.05, 0.1) is 18.1 Å². The lowest BCUT2D eigenvalue weighted by Gasteiger charge is -2.35. The van der Waals surface area contributed by atoms with Gasteiger partial charge in [0, 0.05) is 17.5 Å². The van der Waals surface area contributed by atoms with Gasteiger partial charge < -0.3 is 15.6 Å². The van der Waals surface area contributed by atoms with Crippen LogP contribution in [0, 0.1) is 5.92 Å². The summed E-state index contributed by atoms with van der Waals surface area (Å²) in [4.78, 5) is 11.6. The van der Waals surface area contributed by atoms with Crippen LogP contribution in [0.1, 0.15) is 39.5 Å². The number of nitrogens with two attached hydrogens (primary N) is 1. The second kappa shape index (κ2) is 7.36. The molecular formula is C13H25NO3S. The van der Waals surface area contributed by atoms with Crippen molar-refractivity contribution in [2.24, 2.45) is 11.7 Å². The van der Waals surface area contributed by atoms with Gasteiger partial charge in [-0.1, -0.05) is 6.92 Å². The lowest BCUT2D eigenvalue weighted by molar-refractivity contribution is -0.150. The predicted molar refractivity (Wildman–Crippen MR) is 74.5 cm³/mol. The Bertz CT molecular complexity index is 265. The fraction of sp³-hybridized carbons (Fsp3) is 0.923. The summed E-state index contributed by atoms with van der Waals surface area (Å²) in [5.74, 6) is 0.575. The molecule has 0 bridgehead atoms. The summed E-state index contributed by atoms with van der Waals surface area (Å²) in [6.45, 7) is 4.95. The molecule has 0 aromatic heterocycles. The van der Waals surface area contributed by atoms with Crippen LogP contribution in [0.5, 0.6) is 0 Å². The van der Waals surface area contributed by atoms with Gasteiger partial charge in [-0.15, -0.1) is 0 Å². The molecule has 0 aliphatic heterocycles. The van der Waals surface area contributed by atoms with Gasteiger partial charge in [0.2, 0.25) is 0 Å². The zero-order chi connectivity index (χ0) is 13.6. The summed E-state index contributed by atoms with van der Waals surface area (Å²) in [7, 11) is 0. The van der Waals surface area contributed by atoms with E-state index in [0.29, 0.717) is 37.0 Å². The van der Waals surface area contributed by atoms with Gasteiger partial charge in [-0.25, -0.2) is 0 Å². The Balaban J connectivity index is 2.35. The summed E-state index contributed by atoms with van der Waals surface area (Å²) in [5, 5.41) is 10.8.